The lowest BCUT2D eigenvalue weighted by Gasteiger charge is -2.17. The van der Waals surface area contributed by atoms with Crippen LogP contribution in [0.25, 0.3) is 0 Å². The van der Waals surface area contributed by atoms with E-state index >= 15 is 0 Å². The fraction of sp³-hybridized carbons (Fsp3) is 0.333. The summed E-state index contributed by atoms with van der Waals surface area (Å²) in [6.07, 6.45) is 3.61. The number of amides is 2. The summed E-state index contributed by atoms with van der Waals surface area (Å²) in [5.74, 6) is 0.220. The van der Waals surface area contributed by atoms with Gasteiger partial charge in [-0.15, -0.1) is 0 Å². The van der Waals surface area contributed by atoms with E-state index in [0.717, 1.165) is 24.2 Å². The van der Waals surface area contributed by atoms with E-state index in [0.29, 0.717) is 12.3 Å². The Morgan fingerprint density at radius 3 is 2.85 bits per heavy atom. The summed E-state index contributed by atoms with van der Waals surface area (Å²) >= 11 is 0. The van der Waals surface area contributed by atoms with E-state index in [4.69, 9.17) is 4.74 Å². The molecule has 2 amide bonds. The van der Waals surface area contributed by atoms with Gasteiger partial charge in [0, 0.05) is 30.4 Å². The number of carbonyl (C=O) groups excluding carboxylic acids is 2. The van der Waals surface area contributed by atoms with Crippen molar-refractivity contribution in [1.82, 2.24) is 0 Å². The van der Waals surface area contributed by atoms with Gasteiger partial charge >= 0.3 is 0 Å². The Kier molecular flexibility index (Phi) is 4.37. The van der Waals surface area contributed by atoms with Crippen molar-refractivity contribution in [2.24, 2.45) is 5.92 Å². The minimum Gasteiger partial charge on any atom is -0.497 e. The molecule has 26 heavy (non-hydrogen) atoms. The number of nitrogens with zero attached hydrogens (tertiary/aromatic N) is 1. The number of aryl methyl sites for hydroxylation is 2. The summed E-state index contributed by atoms with van der Waals surface area (Å²) < 4.78 is 5.22. The number of hydrogen-bond acceptors (Lipinski definition) is 3. The van der Waals surface area contributed by atoms with Gasteiger partial charge in [0.25, 0.3) is 0 Å². The minimum atomic E-state index is -0.345. The maximum Gasteiger partial charge on any atom is 0.229 e. The zero-order valence-corrected chi connectivity index (χ0v) is 14.8. The highest BCUT2D eigenvalue weighted by molar-refractivity contribution is 6.03. The van der Waals surface area contributed by atoms with Crippen LogP contribution >= 0.6 is 0 Å². The summed E-state index contributed by atoms with van der Waals surface area (Å²) in [6, 6.07) is 13.5. The number of rotatable bonds is 4. The van der Waals surface area contributed by atoms with Crippen LogP contribution < -0.4 is 15.0 Å². The molecule has 0 radical (unpaired) electrons. The molecule has 1 saturated heterocycles. The molecule has 1 N–H and O–H groups in total. The number of hydrogen-bond donors (Lipinski definition) is 1. The topological polar surface area (TPSA) is 58.6 Å². The first-order valence-electron chi connectivity index (χ1n) is 9.01. The van der Waals surface area contributed by atoms with E-state index in [1.54, 1.807) is 12.0 Å². The normalized spacial score (nSPS) is 18.7. The second-order valence-corrected chi connectivity index (χ2v) is 6.93. The lowest BCUT2D eigenvalue weighted by molar-refractivity contribution is -0.122. The van der Waals surface area contributed by atoms with Gasteiger partial charge in [0.05, 0.1) is 13.0 Å². The third-order valence-electron chi connectivity index (χ3n) is 5.23. The first-order valence-corrected chi connectivity index (χ1v) is 9.01. The third kappa shape index (κ3) is 3.17. The van der Waals surface area contributed by atoms with E-state index in [-0.39, 0.29) is 24.2 Å². The lowest BCUT2D eigenvalue weighted by Crippen LogP contribution is -2.28. The van der Waals surface area contributed by atoms with Crippen molar-refractivity contribution < 1.29 is 14.3 Å². The number of ether oxygens (including phenoxy) is 1. The summed E-state index contributed by atoms with van der Waals surface area (Å²) in [5.41, 5.74) is 4.29. The molecule has 134 valence electrons. The molecule has 0 aromatic heterocycles. The maximum absolute atomic E-state index is 12.6. The number of carbonyl (C=O) groups is 2. The average molecular weight is 350 g/mol. The first-order chi connectivity index (χ1) is 12.6. The molecule has 0 unspecified atom stereocenters. The van der Waals surface area contributed by atoms with E-state index in [2.05, 4.69) is 17.4 Å². The van der Waals surface area contributed by atoms with Crippen LogP contribution in [0.4, 0.5) is 11.4 Å². The summed E-state index contributed by atoms with van der Waals surface area (Å²) in [7, 11) is 1.60. The van der Waals surface area contributed by atoms with Crippen molar-refractivity contribution in [3.8, 4) is 5.75 Å². The molecule has 1 fully saturated rings. The molecule has 4 rings (SSSR count). The third-order valence-corrected chi connectivity index (χ3v) is 5.23. The van der Waals surface area contributed by atoms with Crippen molar-refractivity contribution in [1.29, 1.82) is 0 Å². The molecule has 0 bridgehead atoms. The van der Waals surface area contributed by atoms with Crippen LogP contribution in [-0.2, 0) is 22.4 Å². The van der Waals surface area contributed by atoms with Gasteiger partial charge < -0.3 is 15.0 Å². The molecular weight excluding hydrogens is 328 g/mol. The summed E-state index contributed by atoms with van der Waals surface area (Å²) in [5, 5.41) is 2.99. The molecule has 1 aliphatic carbocycles. The monoisotopic (exact) mass is 350 g/mol. The smallest absolute Gasteiger partial charge is 0.229 e. The van der Waals surface area contributed by atoms with E-state index in [9.17, 15) is 9.59 Å². The largest absolute Gasteiger partial charge is 0.497 e. The van der Waals surface area contributed by atoms with Crippen molar-refractivity contribution in [2.45, 2.75) is 25.7 Å². The Morgan fingerprint density at radius 2 is 2.00 bits per heavy atom. The van der Waals surface area contributed by atoms with Crippen LogP contribution in [-0.4, -0.2) is 25.5 Å². The van der Waals surface area contributed by atoms with Crippen LogP contribution in [0.1, 0.15) is 24.0 Å². The molecule has 5 heteroatoms. The molecule has 2 aromatic rings. The zero-order chi connectivity index (χ0) is 18.1. The molecule has 1 atom stereocenters. The lowest BCUT2D eigenvalue weighted by atomic mass is 10.1. The highest BCUT2D eigenvalue weighted by Crippen LogP contribution is 2.29. The predicted molar refractivity (Wildman–Crippen MR) is 101 cm³/mol. The maximum atomic E-state index is 12.6. The van der Waals surface area contributed by atoms with Gasteiger partial charge in [-0.05, 0) is 54.7 Å². The first kappa shape index (κ1) is 16.6. The Hall–Kier alpha value is -2.82. The fourth-order valence-electron chi connectivity index (χ4n) is 3.81. The van der Waals surface area contributed by atoms with Crippen LogP contribution in [0, 0.1) is 5.92 Å². The van der Waals surface area contributed by atoms with Crippen LogP contribution in [0.3, 0.4) is 0 Å². The minimum absolute atomic E-state index is 0.0349. The van der Waals surface area contributed by atoms with Crippen molar-refractivity contribution in [3.05, 3.63) is 53.6 Å². The molecule has 0 saturated carbocycles. The van der Waals surface area contributed by atoms with Crippen LogP contribution in [0.5, 0.6) is 5.75 Å². The van der Waals surface area contributed by atoms with Gasteiger partial charge in [-0.1, -0.05) is 12.1 Å². The highest BCUT2D eigenvalue weighted by atomic mass is 16.5. The van der Waals surface area contributed by atoms with E-state index < -0.39 is 0 Å². The SMILES string of the molecule is COc1cccc(N2C[C@H](C(=O)Nc3ccc4c(c3)CCC4)CC2=O)c1. The molecule has 2 aliphatic rings. The van der Waals surface area contributed by atoms with E-state index in [1.165, 1.54) is 17.5 Å². The van der Waals surface area contributed by atoms with Gasteiger partial charge in [0.1, 0.15) is 5.75 Å². The Bertz CT molecular complexity index is 862. The van der Waals surface area contributed by atoms with Crippen molar-refractivity contribution >= 4 is 23.2 Å². The number of benzene rings is 2. The zero-order valence-electron chi connectivity index (χ0n) is 14.8. The molecular formula is C21H22N2O3. The number of nitrogens with one attached hydrogen (secondary N) is 1. The van der Waals surface area contributed by atoms with Gasteiger partial charge in [-0.2, -0.15) is 0 Å². The fourth-order valence-corrected chi connectivity index (χ4v) is 3.81. The molecule has 0 spiro atoms. The summed E-state index contributed by atoms with van der Waals surface area (Å²) in [4.78, 5) is 26.7. The Labute approximate surface area is 153 Å². The average Bonchev–Trinajstić information content (AvgIpc) is 3.27. The second-order valence-electron chi connectivity index (χ2n) is 6.93. The Balaban J connectivity index is 1.45. The standard InChI is InChI=1S/C21H22N2O3/c1-26-19-7-3-6-18(12-19)23-13-16(11-20(23)24)21(25)22-17-9-8-14-4-2-5-15(14)10-17/h3,6-10,12,16H,2,4-5,11,13H2,1H3,(H,22,25)/t16-/m1/s1. The van der Waals surface area contributed by atoms with Gasteiger partial charge in [0.15, 0.2) is 0 Å². The number of methoxy groups -OCH3 is 1. The van der Waals surface area contributed by atoms with Gasteiger partial charge in [0.2, 0.25) is 11.8 Å². The van der Waals surface area contributed by atoms with Gasteiger partial charge in [-0.3, -0.25) is 9.59 Å². The number of anilines is 2. The number of fused-ring (bicyclic) bond motifs is 1. The second kappa shape index (κ2) is 6.83. The van der Waals surface area contributed by atoms with Crippen LogP contribution in [0.2, 0.25) is 0 Å². The van der Waals surface area contributed by atoms with Crippen LogP contribution in [0.15, 0.2) is 42.5 Å². The molecule has 5 nitrogen and oxygen atoms in total. The molecule has 1 aliphatic heterocycles. The van der Waals surface area contributed by atoms with Crippen molar-refractivity contribution in [2.75, 3.05) is 23.9 Å². The quantitative estimate of drug-likeness (QED) is 0.921. The molecule has 1 heterocycles. The van der Waals surface area contributed by atoms with Gasteiger partial charge in [-0.25, -0.2) is 0 Å². The highest BCUT2D eigenvalue weighted by Gasteiger charge is 2.35. The summed E-state index contributed by atoms with van der Waals surface area (Å²) in [6.45, 7) is 0.392. The predicted octanol–water partition coefficient (Wildman–Crippen LogP) is 3.18. The van der Waals surface area contributed by atoms with Crippen molar-refractivity contribution in [3.63, 3.8) is 0 Å². The van der Waals surface area contributed by atoms with E-state index in [1.807, 2.05) is 30.3 Å². The Morgan fingerprint density at radius 1 is 1.15 bits per heavy atom. The molecule has 2 aromatic carbocycles.